The molecule has 2 heteroatoms. The fourth-order valence-electron chi connectivity index (χ4n) is 3.42. The predicted octanol–water partition coefficient (Wildman–Crippen LogP) is 3.25. The Hall–Kier alpha value is -1.02. The first kappa shape index (κ1) is 12.4. The van der Waals surface area contributed by atoms with Crippen molar-refractivity contribution in [3.05, 3.63) is 30.3 Å². The molecule has 1 aliphatic rings. The first-order valence-corrected chi connectivity index (χ1v) is 6.67. The number of rotatable bonds is 3. The van der Waals surface area contributed by atoms with Crippen molar-refractivity contribution in [2.45, 2.75) is 38.6 Å². The molecule has 0 saturated heterocycles. The molecule has 1 aliphatic carbocycles. The normalized spacial score (nSPS) is 33.4. The Morgan fingerprint density at radius 1 is 1.18 bits per heavy atom. The van der Waals surface area contributed by atoms with E-state index in [1.165, 1.54) is 24.9 Å². The Kier molecular flexibility index (Phi) is 3.72. The zero-order valence-corrected chi connectivity index (χ0v) is 10.9. The van der Waals surface area contributed by atoms with E-state index >= 15 is 0 Å². The van der Waals surface area contributed by atoms with Crippen LogP contribution in [-0.4, -0.2) is 12.1 Å². The van der Waals surface area contributed by atoms with Crippen LogP contribution in [-0.2, 0) is 0 Å². The summed E-state index contributed by atoms with van der Waals surface area (Å²) >= 11 is 0. The lowest BCUT2D eigenvalue weighted by molar-refractivity contribution is 0.205. The van der Waals surface area contributed by atoms with Crippen molar-refractivity contribution in [3.8, 4) is 0 Å². The fourth-order valence-corrected chi connectivity index (χ4v) is 3.42. The van der Waals surface area contributed by atoms with Crippen LogP contribution in [0.1, 0.15) is 33.1 Å². The summed E-state index contributed by atoms with van der Waals surface area (Å²) < 4.78 is 0. The molecule has 1 saturated carbocycles. The fraction of sp³-hybridized carbons (Fsp3) is 0.600. The van der Waals surface area contributed by atoms with Gasteiger partial charge in [0.1, 0.15) is 0 Å². The molecule has 1 fully saturated rings. The second-order valence-corrected chi connectivity index (χ2v) is 5.83. The quantitative estimate of drug-likeness (QED) is 0.839. The zero-order valence-electron chi connectivity index (χ0n) is 10.9. The van der Waals surface area contributed by atoms with Crippen LogP contribution in [0.5, 0.6) is 0 Å². The van der Waals surface area contributed by atoms with Crippen molar-refractivity contribution < 1.29 is 0 Å². The van der Waals surface area contributed by atoms with Gasteiger partial charge in [0.05, 0.1) is 5.54 Å². The van der Waals surface area contributed by atoms with Crippen LogP contribution in [0.25, 0.3) is 0 Å². The van der Waals surface area contributed by atoms with E-state index in [2.05, 4.69) is 43.4 Å². The number of anilines is 1. The van der Waals surface area contributed by atoms with Crippen molar-refractivity contribution >= 4 is 5.69 Å². The molecule has 2 nitrogen and oxygen atoms in total. The largest absolute Gasteiger partial charge is 0.378 e. The first-order valence-electron chi connectivity index (χ1n) is 6.67. The molecular formula is C15H24N2. The van der Waals surface area contributed by atoms with Crippen LogP contribution in [0.2, 0.25) is 0 Å². The summed E-state index contributed by atoms with van der Waals surface area (Å²) in [6.07, 6.45) is 3.70. The van der Waals surface area contributed by atoms with Gasteiger partial charge in [-0.05, 0) is 43.2 Å². The number of benzene rings is 1. The zero-order chi connectivity index (χ0) is 12.3. The minimum absolute atomic E-state index is 0.0957. The summed E-state index contributed by atoms with van der Waals surface area (Å²) in [6, 6.07) is 10.4. The molecule has 2 rings (SSSR count). The topological polar surface area (TPSA) is 38.0 Å². The third kappa shape index (κ3) is 3.01. The van der Waals surface area contributed by atoms with Gasteiger partial charge in [0.15, 0.2) is 0 Å². The van der Waals surface area contributed by atoms with Crippen molar-refractivity contribution in [3.63, 3.8) is 0 Å². The molecule has 3 N–H and O–H groups in total. The number of hydrogen-bond acceptors (Lipinski definition) is 2. The Labute approximate surface area is 105 Å². The summed E-state index contributed by atoms with van der Waals surface area (Å²) in [6.45, 7) is 5.40. The summed E-state index contributed by atoms with van der Waals surface area (Å²) in [5.74, 6) is 1.53. The van der Waals surface area contributed by atoms with E-state index in [1.54, 1.807) is 0 Å². The van der Waals surface area contributed by atoms with Gasteiger partial charge in [0.2, 0.25) is 0 Å². The van der Waals surface area contributed by atoms with Gasteiger partial charge in [0.25, 0.3) is 0 Å². The van der Waals surface area contributed by atoms with Gasteiger partial charge >= 0.3 is 0 Å². The highest BCUT2D eigenvalue weighted by Gasteiger charge is 2.36. The Morgan fingerprint density at radius 2 is 1.76 bits per heavy atom. The average molecular weight is 232 g/mol. The lowest BCUT2D eigenvalue weighted by atomic mass is 9.71. The summed E-state index contributed by atoms with van der Waals surface area (Å²) in [4.78, 5) is 0. The highest BCUT2D eigenvalue weighted by Crippen LogP contribution is 2.37. The molecule has 0 amide bonds. The number of nitrogens with two attached hydrogens (primary N) is 1. The van der Waals surface area contributed by atoms with Gasteiger partial charge in [-0.1, -0.05) is 32.0 Å². The molecule has 1 aromatic rings. The smallest absolute Gasteiger partial charge is 0.0500 e. The molecule has 0 bridgehead atoms. The van der Waals surface area contributed by atoms with Crippen molar-refractivity contribution in [2.24, 2.45) is 17.6 Å². The van der Waals surface area contributed by atoms with E-state index in [0.29, 0.717) is 0 Å². The molecule has 0 radical (unpaired) electrons. The molecular weight excluding hydrogens is 208 g/mol. The SMILES string of the molecule is CC1CC(C)CC(CN)(Nc2ccccc2)C1. The second-order valence-electron chi connectivity index (χ2n) is 5.83. The van der Waals surface area contributed by atoms with E-state index in [1.807, 2.05) is 6.07 Å². The molecule has 94 valence electrons. The molecule has 0 aliphatic heterocycles. The molecule has 0 heterocycles. The average Bonchev–Trinajstić information content (AvgIpc) is 2.29. The van der Waals surface area contributed by atoms with Crippen molar-refractivity contribution in [1.29, 1.82) is 0 Å². The van der Waals surface area contributed by atoms with E-state index < -0.39 is 0 Å². The van der Waals surface area contributed by atoms with Crippen LogP contribution in [0.4, 0.5) is 5.69 Å². The minimum Gasteiger partial charge on any atom is -0.378 e. The summed E-state index contributed by atoms with van der Waals surface area (Å²) in [5, 5.41) is 3.68. The van der Waals surface area contributed by atoms with E-state index in [4.69, 9.17) is 5.73 Å². The van der Waals surface area contributed by atoms with Gasteiger partial charge in [-0.25, -0.2) is 0 Å². The van der Waals surface area contributed by atoms with Crippen LogP contribution in [0.15, 0.2) is 30.3 Å². The highest BCUT2D eigenvalue weighted by molar-refractivity contribution is 5.45. The maximum atomic E-state index is 6.05. The van der Waals surface area contributed by atoms with Crippen LogP contribution in [0, 0.1) is 11.8 Å². The third-order valence-corrected chi connectivity index (χ3v) is 3.86. The van der Waals surface area contributed by atoms with Gasteiger partial charge in [0, 0.05) is 12.2 Å². The summed E-state index contributed by atoms with van der Waals surface area (Å²) in [7, 11) is 0. The maximum Gasteiger partial charge on any atom is 0.0500 e. The van der Waals surface area contributed by atoms with Crippen LogP contribution < -0.4 is 11.1 Å². The first-order chi connectivity index (χ1) is 8.13. The van der Waals surface area contributed by atoms with Gasteiger partial charge in [-0.2, -0.15) is 0 Å². The van der Waals surface area contributed by atoms with Gasteiger partial charge in [-0.3, -0.25) is 0 Å². The number of nitrogens with one attached hydrogen (secondary N) is 1. The Morgan fingerprint density at radius 3 is 2.29 bits per heavy atom. The van der Waals surface area contributed by atoms with Crippen molar-refractivity contribution in [2.75, 3.05) is 11.9 Å². The molecule has 17 heavy (non-hydrogen) atoms. The van der Waals surface area contributed by atoms with E-state index in [9.17, 15) is 0 Å². The van der Waals surface area contributed by atoms with Gasteiger partial charge in [-0.15, -0.1) is 0 Å². The van der Waals surface area contributed by atoms with E-state index in [0.717, 1.165) is 18.4 Å². The standard InChI is InChI=1S/C15H24N2/c1-12-8-13(2)10-15(9-12,11-16)17-14-6-4-3-5-7-14/h3-7,12-13,17H,8-11,16H2,1-2H3. The van der Waals surface area contributed by atoms with E-state index in [-0.39, 0.29) is 5.54 Å². The van der Waals surface area contributed by atoms with Crippen LogP contribution >= 0.6 is 0 Å². The lowest BCUT2D eigenvalue weighted by Crippen LogP contribution is -2.50. The minimum atomic E-state index is 0.0957. The molecule has 2 atom stereocenters. The molecule has 0 aromatic heterocycles. The summed E-state index contributed by atoms with van der Waals surface area (Å²) in [5.41, 5.74) is 7.34. The van der Waals surface area contributed by atoms with Crippen LogP contribution in [0.3, 0.4) is 0 Å². The number of para-hydroxylation sites is 1. The highest BCUT2D eigenvalue weighted by atomic mass is 15.0. The van der Waals surface area contributed by atoms with Crippen molar-refractivity contribution in [1.82, 2.24) is 0 Å². The second kappa shape index (κ2) is 5.09. The molecule has 1 aromatic carbocycles. The molecule has 2 unspecified atom stereocenters. The Balaban J connectivity index is 2.14. The Bertz CT molecular complexity index is 337. The van der Waals surface area contributed by atoms with Gasteiger partial charge < -0.3 is 11.1 Å². The maximum absolute atomic E-state index is 6.05. The third-order valence-electron chi connectivity index (χ3n) is 3.86. The lowest BCUT2D eigenvalue weighted by Gasteiger charge is -2.43. The number of hydrogen-bond donors (Lipinski definition) is 2. The monoisotopic (exact) mass is 232 g/mol. The predicted molar refractivity (Wildman–Crippen MR) is 74.0 cm³/mol. The molecule has 0 spiro atoms.